The summed E-state index contributed by atoms with van der Waals surface area (Å²) >= 11 is 0. The molecule has 15 heavy (non-hydrogen) atoms. The summed E-state index contributed by atoms with van der Waals surface area (Å²) in [6.45, 7) is 4.55. The van der Waals surface area contributed by atoms with Gasteiger partial charge in [-0.1, -0.05) is 0 Å². The Morgan fingerprint density at radius 1 is 1.40 bits per heavy atom. The van der Waals surface area contributed by atoms with E-state index in [0.29, 0.717) is 19.7 Å². The topological polar surface area (TPSA) is 70.0 Å². The fraction of sp³-hybridized carbons (Fsp3) is 0.900. The molecule has 0 aliphatic heterocycles. The number of carbonyl (C=O) groups excluding carboxylic acids is 1. The highest BCUT2D eigenvalue weighted by atomic mass is 16.5. The zero-order valence-corrected chi connectivity index (χ0v) is 9.64. The molecule has 2 N–H and O–H groups in total. The summed E-state index contributed by atoms with van der Waals surface area (Å²) in [5.74, 6) is -0.393. The molecule has 0 rings (SSSR count). The van der Waals surface area contributed by atoms with Crippen molar-refractivity contribution >= 4 is 5.97 Å². The standard InChI is InChI=1S/C10H21NO4/c1-4-15-10(14)5-9(13)7-11(3)6-8(2)12/h8-9,12-13H,4-7H2,1-3H3. The predicted molar refractivity (Wildman–Crippen MR) is 56.4 cm³/mol. The number of hydrogen-bond acceptors (Lipinski definition) is 5. The quantitative estimate of drug-likeness (QED) is 0.571. The largest absolute Gasteiger partial charge is 0.466 e. The third-order valence-electron chi connectivity index (χ3n) is 1.81. The summed E-state index contributed by atoms with van der Waals surface area (Å²) in [6, 6.07) is 0. The summed E-state index contributed by atoms with van der Waals surface area (Å²) in [5.41, 5.74) is 0. The van der Waals surface area contributed by atoms with Crippen LogP contribution < -0.4 is 0 Å². The molecular formula is C10H21NO4. The monoisotopic (exact) mass is 219 g/mol. The Morgan fingerprint density at radius 3 is 2.47 bits per heavy atom. The van der Waals surface area contributed by atoms with Gasteiger partial charge in [0.25, 0.3) is 0 Å². The zero-order valence-electron chi connectivity index (χ0n) is 9.64. The van der Waals surface area contributed by atoms with Gasteiger partial charge in [-0.25, -0.2) is 0 Å². The Morgan fingerprint density at radius 2 is 2.00 bits per heavy atom. The van der Waals surface area contributed by atoms with Gasteiger partial charge in [0.2, 0.25) is 0 Å². The van der Waals surface area contributed by atoms with Crippen LogP contribution in [0.2, 0.25) is 0 Å². The van der Waals surface area contributed by atoms with E-state index in [9.17, 15) is 9.90 Å². The van der Waals surface area contributed by atoms with Crippen LogP contribution in [0, 0.1) is 0 Å². The second-order valence-electron chi connectivity index (χ2n) is 3.73. The average Bonchev–Trinajstić information content (AvgIpc) is 2.00. The fourth-order valence-corrected chi connectivity index (χ4v) is 1.36. The molecule has 0 aliphatic rings. The molecule has 0 aliphatic carbocycles. The number of ether oxygens (including phenoxy) is 1. The van der Waals surface area contributed by atoms with Crippen LogP contribution in [0.3, 0.4) is 0 Å². The molecule has 0 aromatic heterocycles. The second kappa shape index (κ2) is 7.62. The first-order chi connectivity index (χ1) is 6.95. The minimum Gasteiger partial charge on any atom is -0.466 e. The number of hydrogen-bond donors (Lipinski definition) is 2. The van der Waals surface area contributed by atoms with E-state index in [1.165, 1.54) is 0 Å². The van der Waals surface area contributed by atoms with E-state index in [2.05, 4.69) is 0 Å². The summed E-state index contributed by atoms with van der Waals surface area (Å²) in [7, 11) is 1.78. The van der Waals surface area contributed by atoms with Gasteiger partial charge < -0.3 is 19.8 Å². The molecule has 0 saturated carbocycles. The first-order valence-corrected chi connectivity index (χ1v) is 5.16. The van der Waals surface area contributed by atoms with Crippen molar-refractivity contribution in [1.82, 2.24) is 4.90 Å². The molecule has 0 saturated heterocycles. The minimum atomic E-state index is -0.743. The Bertz CT molecular complexity index is 184. The molecule has 0 spiro atoms. The molecule has 0 radical (unpaired) electrons. The zero-order chi connectivity index (χ0) is 11.8. The maximum absolute atomic E-state index is 11.0. The molecule has 5 nitrogen and oxygen atoms in total. The van der Waals surface area contributed by atoms with Gasteiger partial charge in [-0.05, 0) is 20.9 Å². The van der Waals surface area contributed by atoms with Gasteiger partial charge in [0.15, 0.2) is 0 Å². The van der Waals surface area contributed by atoms with Crippen LogP contribution in [0.4, 0.5) is 0 Å². The van der Waals surface area contributed by atoms with Crippen LogP contribution in [0.25, 0.3) is 0 Å². The predicted octanol–water partition coefficient (Wildman–Crippen LogP) is -0.387. The van der Waals surface area contributed by atoms with Crippen molar-refractivity contribution < 1.29 is 19.7 Å². The number of aliphatic hydroxyl groups is 2. The number of esters is 1. The third kappa shape index (κ3) is 8.35. The SMILES string of the molecule is CCOC(=O)CC(O)CN(C)CC(C)O. The van der Waals surface area contributed by atoms with Crippen molar-refractivity contribution in [2.24, 2.45) is 0 Å². The lowest BCUT2D eigenvalue weighted by atomic mass is 10.2. The van der Waals surface area contributed by atoms with E-state index < -0.39 is 18.2 Å². The molecule has 2 atom stereocenters. The van der Waals surface area contributed by atoms with E-state index in [4.69, 9.17) is 9.84 Å². The van der Waals surface area contributed by atoms with Crippen LogP contribution in [-0.2, 0) is 9.53 Å². The van der Waals surface area contributed by atoms with Gasteiger partial charge in [-0.3, -0.25) is 4.79 Å². The molecule has 5 heteroatoms. The Kier molecular flexibility index (Phi) is 7.29. The van der Waals surface area contributed by atoms with Gasteiger partial charge in [-0.2, -0.15) is 0 Å². The summed E-state index contributed by atoms with van der Waals surface area (Å²) < 4.78 is 4.71. The van der Waals surface area contributed by atoms with Crippen LogP contribution in [0.15, 0.2) is 0 Å². The van der Waals surface area contributed by atoms with Crippen LogP contribution in [-0.4, -0.2) is 60.0 Å². The number of rotatable bonds is 7. The summed E-state index contributed by atoms with van der Waals surface area (Å²) in [4.78, 5) is 12.8. The number of likely N-dealkylation sites (N-methyl/N-ethyl adjacent to an activating group) is 1. The normalized spacial score (nSPS) is 15.1. The highest BCUT2D eigenvalue weighted by molar-refractivity contribution is 5.69. The van der Waals surface area contributed by atoms with Gasteiger partial charge >= 0.3 is 5.97 Å². The van der Waals surface area contributed by atoms with Gasteiger partial charge in [0.05, 0.1) is 25.2 Å². The first-order valence-electron chi connectivity index (χ1n) is 5.16. The molecule has 2 unspecified atom stereocenters. The lowest BCUT2D eigenvalue weighted by Gasteiger charge is -2.21. The van der Waals surface area contributed by atoms with Crippen molar-refractivity contribution in [3.63, 3.8) is 0 Å². The highest BCUT2D eigenvalue weighted by Crippen LogP contribution is 1.98. The third-order valence-corrected chi connectivity index (χ3v) is 1.81. The Labute approximate surface area is 90.6 Å². The van der Waals surface area contributed by atoms with Crippen LogP contribution >= 0.6 is 0 Å². The van der Waals surface area contributed by atoms with E-state index in [-0.39, 0.29) is 6.42 Å². The van der Waals surface area contributed by atoms with Gasteiger partial charge in [0, 0.05) is 13.1 Å². The fourth-order valence-electron chi connectivity index (χ4n) is 1.36. The lowest BCUT2D eigenvalue weighted by molar-refractivity contribution is -0.145. The van der Waals surface area contributed by atoms with E-state index in [1.807, 2.05) is 0 Å². The van der Waals surface area contributed by atoms with Crippen molar-refractivity contribution in [2.75, 3.05) is 26.7 Å². The Balaban J connectivity index is 3.72. The molecular weight excluding hydrogens is 198 g/mol. The second-order valence-corrected chi connectivity index (χ2v) is 3.73. The van der Waals surface area contributed by atoms with E-state index in [0.717, 1.165) is 0 Å². The molecule has 0 bridgehead atoms. The molecule has 0 aromatic carbocycles. The molecule has 0 heterocycles. The maximum Gasteiger partial charge on any atom is 0.308 e. The first kappa shape index (κ1) is 14.3. The van der Waals surface area contributed by atoms with Crippen molar-refractivity contribution in [1.29, 1.82) is 0 Å². The summed E-state index contributed by atoms with van der Waals surface area (Å²) in [5, 5.41) is 18.6. The number of carbonyl (C=O) groups is 1. The summed E-state index contributed by atoms with van der Waals surface area (Å²) in [6.07, 6.45) is -1.18. The molecule has 0 amide bonds. The minimum absolute atomic E-state index is 0.00199. The van der Waals surface area contributed by atoms with Crippen molar-refractivity contribution in [3.05, 3.63) is 0 Å². The molecule has 90 valence electrons. The number of nitrogens with zero attached hydrogens (tertiary/aromatic N) is 1. The van der Waals surface area contributed by atoms with Gasteiger partial charge in [0.1, 0.15) is 0 Å². The maximum atomic E-state index is 11.0. The lowest BCUT2D eigenvalue weighted by Crippen LogP contribution is -2.35. The highest BCUT2D eigenvalue weighted by Gasteiger charge is 2.14. The average molecular weight is 219 g/mol. The van der Waals surface area contributed by atoms with Crippen molar-refractivity contribution in [3.8, 4) is 0 Å². The van der Waals surface area contributed by atoms with E-state index >= 15 is 0 Å². The van der Waals surface area contributed by atoms with Crippen LogP contribution in [0.5, 0.6) is 0 Å². The smallest absolute Gasteiger partial charge is 0.308 e. The van der Waals surface area contributed by atoms with Crippen molar-refractivity contribution in [2.45, 2.75) is 32.5 Å². The molecule has 0 aromatic rings. The van der Waals surface area contributed by atoms with Gasteiger partial charge in [-0.15, -0.1) is 0 Å². The molecule has 0 fully saturated rings. The van der Waals surface area contributed by atoms with E-state index in [1.54, 1.807) is 25.8 Å². The number of aliphatic hydroxyl groups excluding tert-OH is 2. The Hall–Kier alpha value is -0.650. The van der Waals surface area contributed by atoms with Crippen LogP contribution in [0.1, 0.15) is 20.3 Å².